The summed E-state index contributed by atoms with van der Waals surface area (Å²) in [6, 6.07) is 3.51. The largest absolute Gasteiger partial charge is 0.469 e. The van der Waals surface area contributed by atoms with Crippen molar-refractivity contribution in [2.45, 2.75) is 37.9 Å². The number of thiazole rings is 1. The van der Waals surface area contributed by atoms with E-state index >= 15 is 0 Å². The number of amidine groups is 1. The number of hydrogen-bond donors (Lipinski definition) is 1. The van der Waals surface area contributed by atoms with Crippen LogP contribution in [0.15, 0.2) is 44.3 Å². The highest BCUT2D eigenvalue weighted by molar-refractivity contribution is 9.10. The van der Waals surface area contributed by atoms with E-state index in [9.17, 15) is 14.0 Å². The Bertz CT molecular complexity index is 1300. The van der Waals surface area contributed by atoms with E-state index in [1.165, 1.54) is 37.7 Å². The predicted molar refractivity (Wildman–Crippen MR) is 142 cm³/mol. The molecule has 9 nitrogen and oxygen atoms in total. The van der Waals surface area contributed by atoms with Crippen molar-refractivity contribution in [3.8, 4) is 0 Å². The van der Waals surface area contributed by atoms with Gasteiger partial charge in [0.05, 0.1) is 38.9 Å². The van der Waals surface area contributed by atoms with Crippen LogP contribution in [0.25, 0.3) is 0 Å². The van der Waals surface area contributed by atoms with Crippen molar-refractivity contribution < 1.29 is 28.2 Å². The van der Waals surface area contributed by atoms with E-state index in [0.717, 1.165) is 5.69 Å². The lowest BCUT2D eigenvalue weighted by molar-refractivity contribution is -0.153. The minimum Gasteiger partial charge on any atom is -0.469 e. The van der Waals surface area contributed by atoms with Gasteiger partial charge >= 0.3 is 11.9 Å². The summed E-state index contributed by atoms with van der Waals surface area (Å²) in [6.07, 6.45) is 1.20. The molecule has 5 rings (SSSR count). The number of nitrogens with zero attached hydrogens (tertiary/aromatic N) is 3. The predicted octanol–water partition coefficient (Wildman–Crippen LogP) is 3.52. The molecule has 0 saturated carbocycles. The lowest BCUT2D eigenvalue weighted by atomic mass is 9.84. The Balaban J connectivity index is 1.57. The molecule has 3 atom stereocenters. The maximum Gasteiger partial charge on any atom is 0.338 e. The van der Waals surface area contributed by atoms with E-state index in [-0.39, 0.29) is 24.0 Å². The van der Waals surface area contributed by atoms with E-state index in [1.54, 1.807) is 6.07 Å². The molecule has 1 aromatic carbocycles. The Morgan fingerprint density at radius 1 is 1.24 bits per heavy atom. The van der Waals surface area contributed by atoms with Gasteiger partial charge in [-0.15, -0.1) is 11.3 Å². The molecular formula is C26H28BrFN4O5S. The van der Waals surface area contributed by atoms with Crippen molar-refractivity contribution in [2.24, 2.45) is 10.9 Å². The number of aryl methyl sites for hydroxylation is 1. The number of aromatic nitrogens is 1. The number of morpholine rings is 1. The minimum absolute atomic E-state index is 0.0276. The molecular weight excluding hydrogens is 579 g/mol. The number of aliphatic imine (C=N–C) groups is 1. The van der Waals surface area contributed by atoms with Crippen LogP contribution < -0.4 is 5.32 Å². The normalized spacial score (nSPS) is 25.4. The van der Waals surface area contributed by atoms with E-state index in [1.807, 2.05) is 12.3 Å². The van der Waals surface area contributed by atoms with Gasteiger partial charge in [-0.1, -0.05) is 22.0 Å². The SMILES string of the molecule is COC(=O)C1=C(CN2C3COCC2CC(C(=O)OC)C3)NC(c2nc(C)cs2)=N[C@H]1c1ccc(F)cc1Br. The van der Waals surface area contributed by atoms with Crippen LogP contribution in [0, 0.1) is 18.7 Å². The van der Waals surface area contributed by atoms with Crippen LogP contribution in [-0.2, 0) is 23.8 Å². The van der Waals surface area contributed by atoms with Gasteiger partial charge < -0.3 is 19.5 Å². The standard InChI is InChI=1S/C26H28BrFN4O5S/c1-13-12-38-24(29-13)23-30-20(9-32-16-6-14(25(33)35-2)7-17(32)11-37-10-16)21(26(34)36-3)22(31-23)18-5-4-15(28)8-19(18)27/h4-5,8,12,14,16-17,22H,6-7,9-11H2,1-3H3,(H,30,31)/t14?,16?,17?,22-/m0/s1. The summed E-state index contributed by atoms with van der Waals surface area (Å²) in [4.78, 5) is 37.3. The van der Waals surface area contributed by atoms with Gasteiger partial charge in [-0.25, -0.2) is 14.2 Å². The molecule has 202 valence electrons. The Morgan fingerprint density at radius 3 is 2.58 bits per heavy atom. The van der Waals surface area contributed by atoms with Gasteiger partial charge in [0.25, 0.3) is 0 Å². The smallest absolute Gasteiger partial charge is 0.338 e. The second-order valence-electron chi connectivity index (χ2n) is 9.56. The molecule has 0 radical (unpaired) electrons. The number of fused-ring (bicyclic) bond motifs is 2. The molecule has 2 bridgehead atoms. The highest BCUT2D eigenvalue weighted by atomic mass is 79.9. The zero-order valence-electron chi connectivity index (χ0n) is 21.2. The zero-order chi connectivity index (χ0) is 27.0. The molecule has 0 spiro atoms. The summed E-state index contributed by atoms with van der Waals surface area (Å²) in [7, 11) is 2.74. The first-order valence-corrected chi connectivity index (χ1v) is 13.9. The number of nitrogens with one attached hydrogen (secondary N) is 1. The lowest BCUT2D eigenvalue weighted by Gasteiger charge is -2.48. The highest BCUT2D eigenvalue weighted by Crippen LogP contribution is 2.39. The summed E-state index contributed by atoms with van der Waals surface area (Å²) in [6.45, 7) is 3.24. The highest BCUT2D eigenvalue weighted by Gasteiger charge is 2.43. The summed E-state index contributed by atoms with van der Waals surface area (Å²) < 4.78 is 30.5. The molecule has 0 aliphatic carbocycles. The number of hydrogen-bond acceptors (Lipinski definition) is 10. The minimum atomic E-state index is -0.753. The van der Waals surface area contributed by atoms with Gasteiger partial charge in [0.2, 0.25) is 0 Å². The molecule has 4 heterocycles. The number of ether oxygens (including phenoxy) is 3. The average molecular weight is 608 g/mol. The fraction of sp³-hybridized carbons (Fsp3) is 0.462. The lowest BCUT2D eigenvalue weighted by Crippen LogP contribution is -2.59. The average Bonchev–Trinajstić information content (AvgIpc) is 3.33. The van der Waals surface area contributed by atoms with Gasteiger partial charge in [-0.05, 0) is 37.5 Å². The summed E-state index contributed by atoms with van der Waals surface area (Å²) in [5.41, 5.74) is 2.45. The van der Waals surface area contributed by atoms with Crippen molar-refractivity contribution in [3.05, 3.63) is 61.4 Å². The van der Waals surface area contributed by atoms with Crippen LogP contribution in [0.3, 0.4) is 0 Å². The van der Waals surface area contributed by atoms with Crippen LogP contribution in [-0.4, -0.2) is 73.7 Å². The zero-order valence-corrected chi connectivity index (χ0v) is 23.6. The quantitative estimate of drug-likeness (QED) is 0.498. The van der Waals surface area contributed by atoms with Crippen molar-refractivity contribution in [1.82, 2.24) is 15.2 Å². The molecule has 3 aliphatic heterocycles. The van der Waals surface area contributed by atoms with Crippen molar-refractivity contribution in [1.29, 1.82) is 0 Å². The Hall–Kier alpha value is -2.67. The summed E-state index contributed by atoms with van der Waals surface area (Å²) >= 11 is 4.90. The number of esters is 2. The number of carbonyl (C=O) groups excluding carboxylic acids is 2. The molecule has 12 heteroatoms. The van der Waals surface area contributed by atoms with Crippen LogP contribution >= 0.6 is 27.3 Å². The van der Waals surface area contributed by atoms with Gasteiger partial charge in [-0.2, -0.15) is 0 Å². The Labute approximate surface area is 232 Å². The van der Waals surface area contributed by atoms with Crippen LogP contribution in [0.5, 0.6) is 0 Å². The van der Waals surface area contributed by atoms with Crippen molar-refractivity contribution >= 4 is 45.0 Å². The van der Waals surface area contributed by atoms with Crippen LogP contribution in [0.4, 0.5) is 4.39 Å². The third-order valence-electron chi connectivity index (χ3n) is 7.16. The molecule has 38 heavy (non-hydrogen) atoms. The van der Waals surface area contributed by atoms with E-state index in [0.29, 0.717) is 64.7 Å². The van der Waals surface area contributed by atoms with Crippen molar-refractivity contribution in [3.63, 3.8) is 0 Å². The molecule has 1 aromatic heterocycles. The van der Waals surface area contributed by atoms with E-state index < -0.39 is 17.8 Å². The third kappa shape index (κ3) is 5.27. The Morgan fingerprint density at radius 2 is 1.97 bits per heavy atom. The summed E-state index contributed by atoms with van der Waals surface area (Å²) in [5, 5.41) is 5.99. The maximum absolute atomic E-state index is 14.0. The first-order valence-electron chi connectivity index (χ1n) is 12.2. The fourth-order valence-corrected chi connectivity index (χ4v) is 6.69. The first-order chi connectivity index (χ1) is 18.3. The summed E-state index contributed by atoms with van der Waals surface area (Å²) in [5.74, 6) is -0.807. The van der Waals surface area contributed by atoms with E-state index in [2.05, 4.69) is 31.1 Å². The number of rotatable bonds is 6. The number of halogens is 2. The monoisotopic (exact) mass is 606 g/mol. The van der Waals surface area contributed by atoms with E-state index in [4.69, 9.17) is 19.2 Å². The molecule has 2 saturated heterocycles. The fourth-order valence-electron chi connectivity index (χ4n) is 5.38. The number of piperidine rings is 1. The molecule has 1 N–H and O–H groups in total. The molecule has 3 aliphatic rings. The third-order valence-corrected chi connectivity index (χ3v) is 8.81. The van der Waals surface area contributed by atoms with Gasteiger partial charge in [0, 0.05) is 39.9 Å². The Kier molecular flexibility index (Phi) is 7.94. The second-order valence-corrected chi connectivity index (χ2v) is 11.3. The molecule has 2 fully saturated rings. The topological polar surface area (TPSA) is 102 Å². The van der Waals surface area contributed by atoms with Crippen LogP contribution in [0.1, 0.15) is 35.1 Å². The van der Waals surface area contributed by atoms with Crippen LogP contribution in [0.2, 0.25) is 0 Å². The van der Waals surface area contributed by atoms with Gasteiger partial charge in [-0.3, -0.25) is 14.7 Å². The molecule has 2 aromatic rings. The molecule has 2 unspecified atom stereocenters. The van der Waals surface area contributed by atoms with Crippen molar-refractivity contribution in [2.75, 3.05) is 34.0 Å². The van der Waals surface area contributed by atoms with Gasteiger partial charge in [0.15, 0.2) is 10.8 Å². The number of benzene rings is 1. The molecule has 0 amide bonds. The first kappa shape index (κ1) is 26.9. The number of methoxy groups -OCH3 is 2. The maximum atomic E-state index is 14.0. The number of carbonyl (C=O) groups is 2. The van der Waals surface area contributed by atoms with Gasteiger partial charge in [0.1, 0.15) is 11.9 Å². The second kappa shape index (κ2) is 11.2.